The van der Waals surface area contributed by atoms with Crippen molar-refractivity contribution in [2.75, 3.05) is 0 Å². The summed E-state index contributed by atoms with van der Waals surface area (Å²) in [6, 6.07) is 1.19. The van der Waals surface area contributed by atoms with Crippen molar-refractivity contribution in [3.63, 3.8) is 0 Å². The van der Waals surface area contributed by atoms with Crippen LogP contribution in [-0.2, 0) is 6.61 Å². The van der Waals surface area contributed by atoms with E-state index in [0.29, 0.717) is 13.7 Å². The Labute approximate surface area is 95.6 Å². The first-order valence-corrected chi connectivity index (χ1v) is 5.17. The molecule has 0 fully saturated rings. The molecule has 13 heavy (non-hydrogen) atoms. The van der Waals surface area contributed by atoms with Gasteiger partial charge in [0.25, 0.3) is 6.43 Å². The molecule has 0 aliphatic rings. The van der Waals surface area contributed by atoms with Crippen LogP contribution in [0.5, 0.6) is 0 Å². The van der Waals surface area contributed by atoms with E-state index in [1.165, 1.54) is 6.07 Å². The molecule has 1 aromatic rings. The van der Waals surface area contributed by atoms with Crippen molar-refractivity contribution in [2.45, 2.75) is 13.0 Å². The highest BCUT2D eigenvalue weighted by Crippen LogP contribution is 2.26. The summed E-state index contributed by atoms with van der Waals surface area (Å²) >= 11 is 4.98. The van der Waals surface area contributed by atoms with Crippen LogP contribution in [0, 0.1) is 3.70 Å². The molecule has 0 aliphatic heterocycles. The quantitative estimate of drug-likeness (QED) is 0.647. The highest BCUT2D eigenvalue weighted by atomic mass is 127. The smallest absolute Gasteiger partial charge is 0.280 e. The van der Waals surface area contributed by atoms with Gasteiger partial charge in [0.05, 0.1) is 11.1 Å². The maximum atomic E-state index is 12.2. The Balaban J connectivity index is 3.22. The molecule has 0 saturated heterocycles. The van der Waals surface area contributed by atoms with Gasteiger partial charge in [0.1, 0.15) is 9.39 Å². The number of pyridine rings is 1. The van der Waals surface area contributed by atoms with Crippen molar-refractivity contribution in [3.05, 3.63) is 25.5 Å². The fraction of sp³-hybridized carbons (Fsp3) is 0.286. The van der Waals surface area contributed by atoms with Crippen LogP contribution in [0.2, 0.25) is 0 Å². The molecule has 6 heteroatoms. The third kappa shape index (κ3) is 2.57. The minimum atomic E-state index is -2.60. The highest BCUT2D eigenvalue weighted by molar-refractivity contribution is 14.1. The Morgan fingerprint density at radius 1 is 1.62 bits per heavy atom. The van der Waals surface area contributed by atoms with Crippen molar-refractivity contribution in [1.82, 2.24) is 4.98 Å². The van der Waals surface area contributed by atoms with Gasteiger partial charge in [-0.25, -0.2) is 13.8 Å². The van der Waals surface area contributed by atoms with E-state index in [4.69, 9.17) is 5.11 Å². The van der Waals surface area contributed by atoms with Gasteiger partial charge >= 0.3 is 0 Å². The largest absolute Gasteiger partial charge is 0.392 e. The van der Waals surface area contributed by atoms with E-state index in [0.717, 1.165) is 0 Å². The van der Waals surface area contributed by atoms with E-state index in [2.05, 4.69) is 20.9 Å². The minimum absolute atomic E-state index is 0.279. The lowest BCUT2D eigenvalue weighted by Gasteiger charge is -2.06. The molecule has 1 N–H and O–H groups in total. The third-order valence-corrected chi connectivity index (χ3v) is 3.81. The lowest BCUT2D eigenvalue weighted by molar-refractivity contribution is 0.145. The lowest BCUT2D eigenvalue weighted by atomic mass is 10.2. The second kappa shape index (κ2) is 4.61. The molecular formula is C7H5BrF2INO. The molecule has 1 heterocycles. The van der Waals surface area contributed by atoms with Crippen molar-refractivity contribution in [2.24, 2.45) is 0 Å². The van der Waals surface area contributed by atoms with E-state index in [1.54, 1.807) is 0 Å². The highest BCUT2D eigenvalue weighted by Gasteiger charge is 2.14. The summed E-state index contributed by atoms with van der Waals surface area (Å²) in [6.45, 7) is -0.279. The number of alkyl halides is 2. The Morgan fingerprint density at radius 2 is 2.23 bits per heavy atom. The first-order valence-electron chi connectivity index (χ1n) is 3.30. The maximum absolute atomic E-state index is 12.2. The van der Waals surface area contributed by atoms with Gasteiger partial charge in [0.15, 0.2) is 0 Å². The van der Waals surface area contributed by atoms with Crippen molar-refractivity contribution < 1.29 is 13.9 Å². The van der Waals surface area contributed by atoms with Crippen molar-refractivity contribution in [1.29, 1.82) is 0 Å². The summed E-state index contributed by atoms with van der Waals surface area (Å²) < 4.78 is 25.5. The van der Waals surface area contributed by atoms with E-state index >= 15 is 0 Å². The van der Waals surface area contributed by atoms with Crippen molar-refractivity contribution in [3.8, 4) is 0 Å². The summed E-state index contributed by atoms with van der Waals surface area (Å²) in [5.41, 5.74) is 0.117. The Hall–Kier alpha value is 0.180. The zero-order chi connectivity index (χ0) is 10.0. The molecule has 72 valence electrons. The molecule has 1 aromatic heterocycles. The molecule has 0 saturated carbocycles. The molecular weight excluding hydrogens is 359 g/mol. The standard InChI is InChI=1S/C7H5BrF2INO/c8-5-3(2-13)1-4(6(9)10)12-7(5)11/h1,6,13H,2H2. The normalized spacial score (nSPS) is 10.9. The van der Waals surface area contributed by atoms with Crippen LogP contribution in [-0.4, -0.2) is 10.1 Å². The molecule has 0 bridgehead atoms. The molecule has 0 radical (unpaired) electrons. The van der Waals surface area contributed by atoms with Crippen LogP contribution in [0.15, 0.2) is 10.5 Å². The van der Waals surface area contributed by atoms with Gasteiger partial charge in [-0.2, -0.15) is 0 Å². The van der Waals surface area contributed by atoms with E-state index < -0.39 is 6.43 Å². The summed E-state index contributed by atoms with van der Waals surface area (Å²) in [7, 11) is 0. The molecule has 0 aliphatic carbocycles. The summed E-state index contributed by atoms with van der Waals surface area (Å²) in [5.74, 6) is 0. The molecule has 0 aromatic carbocycles. The van der Waals surface area contributed by atoms with Gasteiger partial charge in [0.2, 0.25) is 0 Å². The van der Waals surface area contributed by atoms with E-state index in [-0.39, 0.29) is 12.3 Å². The Kier molecular flexibility index (Phi) is 3.99. The second-order valence-electron chi connectivity index (χ2n) is 2.27. The number of hydrogen-bond acceptors (Lipinski definition) is 2. The monoisotopic (exact) mass is 363 g/mol. The van der Waals surface area contributed by atoms with Crippen LogP contribution in [0.25, 0.3) is 0 Å². The molecule has 0 amide bonds. The van der Waals surface area contributed by atoms with Crippen LogP contribution in [0.1, 0.15) is 17.7 Å². The van der Waals surface area contributed by atoms with Crippen LogP contribution < -0.4 is 0 Å². The van der Waals surface area contributed by atoms with Crippen LogP contribution in [0.4, 0.5) is 8.78 Å². The first-order chi connectivity index (χ1) is 6.06. The predicted molar refractivity (Wildman–Crippen MR) is 55.5 cm³/mol. The van der Waals surface area contributed by atoms with Gasteiger partial charge in [-0.05, 0) is 50.2 Å². The molecule has 2 nitrogen and oxygen atoms in total. The van der Waals surface area contributed by atoms with Gasteiger partial charge in [-0.15, -0.1) is 0 Å². The van der Waals surface area contributed by atoms with E-state index in [9.17, 15) is 8.78 Å². The third-order valence-electron chi connectivity index (χ3n) is 1.41. The van der Waals surface area contributed by atoms with Gasteiger partial charge in [-0.1, -0.05) is 0 Å². The second-order valence-corrected chi connectivity index (χ2v) is 4.08. The maximum Gasteiger partial charge on any atom is 0.280 e. The molecule has 1 rings (SSSR count). The summed E-state index contributed by atoms with van der Waals surface area (Å²) in [5, 5.41) is 8.84. The van der Waals surface area contributed by atoms with Gasteiger partial charge in [-0.3, -0.25) is 0 Å². The number of aromatic nitrogens is 1. The Bertz CT molecular complexity index is 322. The number of rotatable bonds is 2. The molecule has 0 spiro atoms. The van der Waals surface area contributed by atoms with Gasteiger partial charge in [0, 0.05) is 0 Å². The van der Waals surface area contributed by atoms with E-state index in [1.807, 2.05) is 22.6 Å². The number of aliphatic hydroxyl groups excluding tert-OH is 1. The molecule has 0 unspecified atom stereocenters. The number of halogens is 4. The zero-order valence-electron chi connectivity index (χ0n) is 6.27. The fourth-order valence-electron chi connectivity index (χ4n) is 0.796. The number of nitrogens with zero attached hydrogens (tertiary/aromatic N) is 1. The summed E-state index contributed by atoms with van der Waals surface area (Å²) in [4.78, 5) is 3.66. The minimum Gasteiger partial charge on any atom is -0.392 e. The average Bonchev–Trinajstić information content (AvgIpc) is 2.09. The lowest BCUT2D eigenvalue weighted by Crippen LogP contribution is -1.98. The van der Waals surface area contributed by atoms with Crippen LogP contribution >= 0.6 is 38.5 Å². The Morgan fingerprint density at radius 3 is 2.69 bits per heavy atom. The van der Waals surface area contributed by atoms with Gasteiger partial charge < -0.3 is 5.11 Å². The predicted octanol–water partition coefficient (Wildman–Crippen LogP) is 2.88. The topological polar surface area (TPSA) is 33.1 Å². The van der Waals surface area contributed by atoms with Crippen LogP contribution in [0.3, 0.4) is 0 Å². The SMILES string of the molecule is OCc1cc(C(F)F)nc(I)c1Br. The first kappa shape index (κ1) is 11.3. The fourth-order valence-corrected chi connectivity index (χ4v) is 1.75. The number of hydrogen-bond donors (Lipinski definition) is 1. The number of aliphatic hydroxyl groups is 1. The summed E-state index contributed by atoms with van der Waals surface area (Å²) in [6.07, 6.45) is -2.60. The van der Waals surface area contributed by atoms with Crippen molar-refractivity contribution >= 4 is 38.5 Å². The molecule has 0 atom stereocenters. The average molecular weight is 364 g/mol. The zero-order valence-corrected chi connectivity index (χ0v) is 10.0.